The Bertz CT molecular complexity index is 1950. The highest BCUT2D eigenvalue weighted by atomic mass is 35.5. The first-order valence-corrected chi connectivity index (χ1v) is 20.5. The molecule has 292 valence electrons. The van der Waals surface area contributed by atoms with Crippen molar-refractivity contribution in [3.63, 3.8) is 0 Å². The standard InChI is InChI=1S/C40H50ClN3O9S/c1-24-8-6-17-40(52-5,20-35(46)42-36(25(2)45)38(48)51-4)32-13-10-29(32)21-44-22-39(16-7-9-27-18-30(41)12-14-31(27)39)23-53-34-15-11-28(19-33(34)44)37(47)43-54(49,50)26(24)3/h6,11-12,14-15,17-19,24,26,29,32,36H,7-10,13,16,20-23H2,1-5H3,(H,42,46)(H,43,47)/b17-6+/t24-,26+,29-,32+,36+,39-,40+/m0/s1. The van der Waals surface area contributed by atoms with Gasteiger partial charge in [0.2, 0.25) is 15.9 Å². The molecule has 2 aliphatic carbocycles. The number of carbonyl (C=O) groups excluding carboxylic acids is 4. The highest BCUT2D eigenvalue weighted by molar-refractivity contribution is 7.90. The number of fused-ring (bicyclic) bond motifs is 4. The number of methoxy groups -OCH3 is 2. The van der Waals surface area contributed by atoms with Crippen molar-refractivity contribution < 1.29 is 41.8 Å². The summed E-state index contributed by atoms with van der Waals surface area (Å²) in [5.41, 5.74) is 1.67. The second-order valence-electron chi connectivity index (χ2n) is 15.5. The number of ether oxygens (including phenoxy) is 3. The Morgan fingerprint density at radius 3 is 2.59 bits per heavy atom. The Balaban J connectivity index is 1.44. The monoisotopic (exact) mass is 783 g/mol. The number of halogens is 1. The molecule has 2 N–H and O–H groups in total. The molecule has 2 aliphatic heterocycles. The normalized spacial score (nSPS) is 30.2. The Hall–Kier alpha value is -3.94. The van der Waals surface area contributed by atoms with E-state index < -0.39 is 61.8 Å². The van der Waals surface area contributed by atoms with Crippen molar-refractivity contribution >= 4 is 50.9 Å². The van der Waals surface area contributed by atoms with Crippen LogP contribution in [-0.4, -0.2) is 82.8 Å². The molecule has 4 aliphatic rings. The molecule has 6 rings (SSSR count). The molecular weight excluding hydrogens is 734 g/mol. The molecule has 12 nitrogen and oxygen atoms in total. The van der Waals surface area contributed by atoms with Gasteiger partial charge in [-0.1, -0.05) is 36.7 Å². The van der Waals surface area contributed by atoms with E-state index in [2.05, 4.69) is 21.0 Å². The van der Waals surface area contributed by atoms with E-state index in [4.69, 9.17) is 25.8 Å². The number of amides is 2. The summed E-state index contributed by atoms with van der Waals surface area (Å²) in [5, 5.41) is 2.29. The molecule has 54 heavy (non-hydrogen) atoms. The molecule has 0 unspecified atom stereocenters. The van der Waals surface area contributed by atoms with Crippen LogP contribution in [0.4, 0.5) is 5.69 Å². The largest absolute Gasteiger partial charge is 0.490 e. The fourth-order valence-electron chi connectivity index (χ4n) is 8.74. The van der Waals surface area contributed by atoms with E-state index in [1.165, 1.54) is 18.1 Å². The average molecular weight is 784 g/mol. The zero-order valence-electron chi connectivity index (χ0n) is 31.5. The number of hydrogen-bond acceptors (Lipinski definition) is 10. The van der Waals surface area contributed by atoms with E-state index in [1.807, 2.05) is 24.3 Å². The molecule has 7 atom stereocenters. The Morgan fingerprint density at radius 1 is 1.13 bits per heavy atom. The van der Waals surface area contributed by atoms with Crippen LogP contribution in [0, 0.1) is 17.8 Å². The fourth-order valence-corrected chi connectivity index (χ4v) is 10.2. The maximum atomic E-state index is 13.7. The topological polar surface area (TPSA) is 157 Å². The van der Waals surface area contributed by atoms with Crippen LogP contribution < -0.4 is 19.7 Å². The molecule has 2 amide bonds. The first-order valence-electron chi connectivity index (χ1n) is 18.6. The van der Waals surface area contributed by atoms with E-state index in [9.17, 15) is 27.6 Å². The maximum Gasteiger partial charge on any atom is 0.336 e. The molecule has 2 heterocycles. The van der Waals surface area contributed by atoms with E-state index in [0.29, 0.717) is 42.6 Å². The molecule has 1 saturated carbocycles. The highest BCUT2D eigenvalue weighted by Gasteiger charge is 2.50. The van der Waals surface area contributed by atoms with Gasteiger partial charge in [-0.15, -0.1) is 0 Å². The SMILES string of the molecule is COC(=O)[C@H](NC(=O)C[C@]1(OC)/C=C/C[C@H](C)[C@@H](C)S(=O)(=O)NC(=O)c2ccc3c(c2)N(C[C@@H]2CC[C@H]21)C[C@@]1(CCCc2cc(Cl)ccc21)CO3)C(C)=O. The summed E-state index contributed by atoms with van der Waals surface area (Å²) in [6, 6.07) is 9.61. The van der Waals surface area contributed by atoms with Gasteiger partial charge in [-0.2, -0.15) is 0 Å². The molecule has 2 aromatic carbocycles. The van der Waals surface area contributed by atoms with Gasteiger partial charge in [-0.3, -0.25) is 14.4 Å². The van der Waals surface area contributed by atoms with Gasteiger partial charge in [0.15, 0.2) is 11.8 Å². The quantitative estimate of drug-likeness (QED) is 0.235. The van der Waals surface area contributed by atoms with Crippen molar-refractivity contribution in [2.24, 2.45) is 17.8 Å². The van der Waals surface area contributed by atoms with Gasteiger partial charge in [0.25, 0.3) is 5.91 Å². The predicted molar refractivity (Wildman–Crippen MR) is 204 cm³/mol. The molecule has 0 aromatic heterocycles. The maximum absolute atomic E-state index is 13.7. The summed E-state index contributed by atoms with van der Waals surface area (Å²) in [5.74, 6) is -2.68. The lowest BCUT2D eigenvalue weighted by Gasteiger charge is -2.50. The summed E-state index contributed by atoms with van der Waals surface area (Å²) in [7, 11) is -1.40. The molecule has 2 bridgehead atoms. The van der Waals surface area contributed by atoms with Crippen LogP contribution in [0.1, 0.15) is 80.8 Å². The third kappa shape index (κ3) is 7.77. The number of rotatable bonds is 6. The second kappa shape index (κ2) is 15.7. The van der Waals surface area contributed by atoms with Crippen LogP contribution in [0.5, 0.6) is 5.75 Å². The third-order valence-corrected chi connectivity index (χ3v) is 14.3. The zero-order chi connectivity index (χ0) is 39.0. The van der Waals surface area contributed by atoms with E-state index in [1.54, 1.807) is 39.2 Å². The highest BCUT2D eigenvalue weighted by Crippen LogP contribution is 2.50. The van der Waals surface area contributed by atoms with Crippen molar-refractivity contribution in [2.45, 2.75) is 88.0 Å². The first-order chi connectivity index (χ1) is 25.6. The van der Waals surface area contributed by atoms with Gasteiger partial charge in [0.05, 0.1) is 36.7 Å². The van der Waals surface area contributed by atoms with E-state index in [-0.39, 0.29) is 23.8 Å². The molecule has 0 radical (unpaired) electrons. The number of benzene rings is 2. The number of Topliss-reactive ketones (excluding diaryl/α,β-unsaturated/α-hetero) is 1. The number of aryl methyl sites for hydroxylation is 1. The van der Waals surface area contributed by atoms with Crippen LogP contribution in [0.15, 0.2) is 48.6 Å². The van der Waals surface area contributed by atoms with E-state index >= 15 is 0 Å². The molecule has 2 aromatic rings. The van der Waals surface area contributed by atoms with Crippen molar-refractivity contribution in [2.75, 3.05) is 38.8 Å². The van der Waals surface area contributed by atoms with Crippen LogP contribution in [0.2, 0.25) is 5.02 Å². The molecule has 14 heteroatoms. The van der Waals surface area contributed by atoms with Crippen molar-refractivity contribution in [3.8, 4) is 5.75 Å². The van der Waals surface area contributed by atoms with Crippen LogP contribution >= 0.6 is 11.6 Å². The van der Waals surface area contributed by atoms with Gasteiger partial charge in [0.1, 0.15) is 5.75 Å². The Kier molecular flexibility index (Phi) is 11.5. The Morgan fingerprint density at radius 2 is 1.91 bits per heavy atom. The number of anilines is 1. The number of ketones is 1. The summed E-state index contributed by atoms with van der Waals surface area (Å²) in [6.45, 7) is 6.05. The summed E-state index contributed by atoms with van der Waals surface area (Å²) < 4.78 is 47.0. The van der Waals surface area contributed by atoms with Gasteiger partial charge < -0.3 is 24.4 Å². The van der Waals surface area contributed by atoms with Crippen molar-refractivity contribution in [3.05, 3.63) is 70.3 Å². The zero-order valence-corrected chi connectivity index (χ0v) is 33.1. The van der Waals surface area contributed by atoms with Crippen LogP contribution in [0.25, 0.3) is 0 Å². The minimum Gasteiger partial charge on any atom is -0.490 e. The van der Waals surface area contributed by atoms with Crippen molar-refractivity contribution in [1.82, 2.24) is 10.0 Å². The van der Waals surface area contributed by atoms with Crippen molar-refractivity contribution in [1.29, 1.82) is 0 Å². The number of nitrogens with zero attached hydrogens (tertiary/aromatic N) is 1. The minimum absolute atomic E-state index is 0.0185. The lowest BCUT2D eigenvalue weighted by molar-refractivity contribution is -0.149. The smallest absolute Gasteiger partial charge is 0.336 e. The first kappa shape index (κ1) is 39.7. The minimum atomic E-state index is -4.09. The lowest BCUT2D eigenvalue weighted by Crippen LogP contribution is -2.55. The average Bonchev–Trinajstić information content (AvgIpc) is 3.27. The molecule has 1 fully saturated rings. The fraction of sp³-hybridized carbons (Fsp3) is 0.550. The number of hydrogen-bond donors (Lipinski definition) is 2. The number of nitrogens with one attached hydrogen (secondary N) is 2. The van der Waals surface area contributed by atoms with Gasteiger partial charge in [-0.05, 0) is 112 Å². The summed E-state index contributed by atoms with van der Waals surface area (Å²) in [4.78, 5) is 54.3. The predicted octanol–water partition coefficient (Wildman–Crippen LogP) is 4.91. The number of esters is 1. The van der Waals surface area contributed by atoms with Gasteiger partial charge in [-0.25, -0.2) is 17.9 Å². The number of carbonyl (C=O) groups is 4. The second-order valence-corrected chi connectivity index (χ2v) is 18.0. The number of allylic oxidation sites excluding steroid dienone is 1. The summed E-state index contributed by atoms with van der Waals surface area (Å²) in [6.07, 6.45) is 8.06. The molecular formula is C40H50ClN3O9S. The third-order valence-electron chi connectivity index (χ3n) is 12.2. The van der Waals surface area contributed by atoms with Gasteiger partial charge >= 0.3 is 5.97 Å². The van der Waals surface area contributed by atoms with E-state index in [0.717, 1.165) is 39.2 Å². The number of sulfonamides is 1. The Labute approximate surface area is 322 Å². The molecule has 0 saturated heterocycles. The van der Waals surface area contributed by atoms with Crippen LogP contribution in [0.3, 0.4) is 0 Å². The lowest BCUT2D eigenvalue weighted by atomic mass is 9.62. The van der Waals surface area contributed by atoms with Gasteiger partial charge in [0, 0.05) is 36.2 Å². The summed E-state index contributed by atoms with van der Waals surface area (Å²) >= 11 is 6.45. The molecule has 1 spiro atoms. The van der Waals surface area contributed by atoms with Crippen LogP contribution in [-0.2, 0) is 45.7 Å².